The first-order valence-corrected chi connectivity index (χ1v) is 6.63. The number of hydrogen-bond acceptors (Lipinski definition) is 4. The van der Waals surface area contributed by atoms with Gasteiger partial charge in [-0.2, -0.15) is 0 Å². The van der Waals surface area contributed by atoms with Gasteiger partial charge in [-0.1, -0.05) is 0 Å². The number of rotatable bonds is 3. The SMILES string of the molecule is Cc1nc(C)c(CNC(=O)c2ccc(Br)o2)s1. The molecule has 17 heavy (non-hydrogen) atoms. The Morgan fingerprint density at radius 2 is 2.29 bits per heavy atom. The van der Waals surface area contributed by atoms with Crippen molar-refractivity contribution >= 4 is 33.2 Å². The minimum Gasteiger partial charge on any atom is -0.444 e. The van der Waals surface area contributed by atoms with Crippen LogP contribution in [0.15, 0.2) is 21.2 Å². The summed E-state index contributed by atoms with van der Waals surface area (Å²) in [7, 11) is 0. The van der Waals surface area contributed by atoms with E-state index in [2.05, 4.69) is 26.2 Å². The predicted molar refractivity (Wildman–Crippen MR) is 69.2 cm³/mol. The van der Waals surface area contributed by atoms with Gasteiger partial charge in [0.05, 0.1) is 17.2 Å². The van der Waals surface area contributed by atoms with Gasteiger partial charge in [0.2, 0.25) is 0 Å². The lowest BCUT2D eigenvalue weighted by atomic mass is 10.3. The Hall–Kier alpha value is -1.14. The number of nitrogens with zero attached hydrogens (tertiary/aromatic N) is 1. The average molecular weight is 315 g/mol. The van der Waals surface area contributed by atoms with E-state index >= 15 is 0 Å². The van der Waals surface area contributed by atoms with Crippen LogP contribution in [0.4, 0.5) is 0 Å². The summed E-state index contributed by atoms with van der Waals surface area (Å²) in [5.41, 5.74) is 0.966. The lowest BCUT2D eigenvalue weighted by molar-refractivity contribution is 0.0922. The Morgan fingerprint density at radius 1 is 1.53 bits per heavy atom. The normalized spacial score (nSPS) is 10.5. The predicted octanol–water partition coefficient (Wildman–Crippen LogP) is 3.05. The van der Waals surface area contributed by atoms with Crippen LogP contribution in [0, 0.1) is 13.8 Å². The van der Waals surface area contributed by atoms with E-state index in [1.54, 1.807) is 23.5 Å². The molecular weight excluding hydrogens is 304 g/mol. The molecule has 0 spiro atoms. The van der Waals surface area contributed by atoms with Crippen molar-refractivity contribution < 1.29 is 9.21 Å². The van der Waals surface area contributed by atoms with Crippen molar-refractivity contribution in [3.05, 3.63) is 38.1 Å². The summed E-state index contributed by atoms with van der Waals surface area (Å²) >= 11 is 4.75. The fourth-order valence-corrected chi connectivity index (χ4v) is 2.60. The highest BCUT2D eigenvalue weighted by Gasteiger charge is 2.11. The first-order valence-electron chi connectivity index (χ1n) is 5.02. The third kappa shape index (κ3) is 2.95. The monoisotopic (exact) mass is 314 g/mol. The molecule has 0 aliphatic rings. The molecule has 0 fully saturated rings. The molecule has 4 nitrogen and oxygen atoms in total. The van der Waals surface area contributed by atoms with Gasteiger partial charge in [0.15, 0.2) is 10.4 Å². The van der Waals surface area contributed by atoms with Gasteiger partial charge in [-0.05, 0) is 41.9 Å². The van der Waals surface area contributed by atoms with E-state index in [4.69, 9.17) is 4.42 Å². The van der Waals surface area contributed by atoms with E-state index in [1.807, 2.05) is 13.8 Å². The van der Waals surface area contributed by atoms with Crippen LogP contribution in [0.3, 0.4) is 0 Å². The molecule has 0 unspecified atom stereocenters. The summed E-state index contributed by atoms with van der Waals surface area (Å²) in [4.78, 5) is 17.1. The van der Waals surface area contributed by atoms with Gasteiger partial charge in [-0.3, -0.25) is 4.79 Å². The van der Waals surface area contributed by atoms with E-state index < -0.39 is 0 Å². The van der Waals surface area contributed by atoms with Gasteiger partial charge in [0, 0.05) is 4.88 Å². The largest absolute Gasteiger partial charge is 0.444 e. The Bertz CT molecular complexity index is 547. The molecule has 0 aliphatic heterocycles. The molecule has 0 saturated carbocycles. The lowest BCUT2D eigenvalue weighted by Crippen LogP contribution is -2.22. The number of halogens is 1. The second-order valence-corrected chi connectivity index (χ2v) is 5.60. The van der Waals surface area contributed by atoms with Crippen molar-refractivity contribution in [3.63, 3.8) is 0 Å². The van der Waals surface area contributed by atoms with E-state index in [1.165, 1.54) is 0 Å². The molecule has 0 saturated heterocycles. The number of carbonyl (C=O) groups excluding carboxylic acids is 1. The van der Waals surface area contributed by atoms with Crippen LogP contribution in [-0.4, -0.2) is 10.9 Å². The Balaban J connectivity index is 1.99. The van der Waals surface area contributed by atoms with Crippen LogP contribution in [0.2, 0.25) is 0 Å². The molecule has 2 rings (SSSR count). The Morgan fingerprint density at radius 3 is 2.82 bits per heavy atom. The standard InChI is InChI=1S/C11H11BrN2O2S/c1-6-9(17-7(2)14-6)5-13-11(15)8-3-4-10(12)16-8/h3-4H,5H2,1-2H3,(H,13,15). The van der Waals surface area contributed by atoms with Crippen LogP contribution in [0.25, 0.3) is 0 Å². The van der Waals surface area contributed by atoms with Gasteiger partial charge in [-0.25, -0.2) is 4.98 Å². The molecule has 2 aromatic rings. The third-order valence-electron chi connectivity index (χ3n) is 2.21. The Labute approximate surface area is 111 Å². The molecule has 90 valence electrons. The maximum Gasteiger partial charge on any atom is 0.287 e. The van der Waals surface area contributed by atoms with Gasteiger partial charge < -0.3 is 9.73 Å². The molecular formula is C11H11BrN2O2S. The van der Waals surface area contributed by atoms with Crippen LogP contribution in [0.1, 0.15) is 26.1 Å². The Kier molecular flexibility index (Phi) is 3.63. The first kappa shape index (κ1) is 12.3. The van der Waals surface area contributed by atoms with Crippen LogP contribution >= 0.6 is 27.3 Å². The van der Waals surface area contributed by atoms with E-state index in [0.717, 1.165) is 15.6 Å². The molecule has 2 heterocycles. The summed E-state index contributed by atoms with van der Waals surface area (Å²) in [6.07, 6.45) is 0. The van der Waals surface area contributed by atoms with E-state index in [0.29, 0.717) is 17.0 Å². The van der Waals surface area contributed by atoms with E-state index in [-0.39, 0.29) is 5.91 Å². The van der Waals surface area contributed by atoms with Gasteiger partial charge >= 0.3 is 0 Å². The van der Waals surface area contributed by atoms with Crippen LogP contribution in [0.5, 0.6) is 0 Å². The molecule has 2 aromatic heterocycles. The number of furan rings is 1. The molecule has 0 aromatic carbocycles. The molecule has 1 N–H and O–H groups in total. The molecule has 0 bridgehead atoms. The number of aryl methyl sites for hydroxylation is 2. The summed E-state index contributed by atoms with van der Waals surface area (Å²) in [5.74, 6) is 0.0805. The summed E-state index contributed by atoms with van der Waals surface area (Å²) < 4.78 is 5.71. The number of hydrogen-bond donors (Lipinski definition) is 1. The summed E-state index contributed by atoms with van der Waals surface area (Å²) in [5, 5.41) is 3.81. The number of nitrogens with one attached hydrogen (secondary N) is 1. The van der Waals surface area contributed by atoms with Gasteiger partial charge in [-0.15, -0.1) is 11.3 Å². The van der Waals surface area contributed by atoms with Crippen molar-refractivity contribution in [2.24, 2.45) is 0 Å². The number of amides is 1. The third-order valence-corrected chi connectivity index (χ3v) is 3.71. The van der Waals surface area contributed by atoms with Crippen LogP contribution in [-0.2, 0) is 6.54 Å². The van der Waals surface area contributed by atoms with Crippen molar-refractivity contribution in [2.75, 3.05) is 0 Å². The molecule has 6 heteroatoms. The maximum atomic E-state index is 11.7. The second kappa shape index (κ2) is 5.01. The highest BCUT2D eigenvalue weighted by Crippen LogP contribution is 2.17. The topological polar surface area (TPSA) is 55.1 Å². The van der Waals surface area contributed by atoms with E-state index in [9.17, 15) is 4.79 Å². The van der Waals surface area contributed by atoms with Crippen molar-refractivity contribution in [1.29, 1.82) is 0 Å². The molecule has 1 amide bonds. The number of aromatic nitrogens is 1. The van der Waals surface area contributed by atoms with Crippen LogP contribution < -0.4 is 5.32 Å². The number of thiazole rings is 1. The van der Waals surface area contributed by atoms with Gasteiger partial charge in [0.1, 0.15) is 0 Å². The zero-order valence-electron chi connectivity index (χ0n) is 9.41. The fraction of sp³-hybridized carbons (Fsp3) is 0.273. The minimum absolute atomic E-state index is 0.221. The molecule has 0 atom stereocenters. The lowest BCUT2D eigenvalue weighted by Gasteiger charge is -2.01. The summed E-state index contributed by atoms with van der Waals surface area (Å²) in [6, 6.07) is 3.32. The summed E-state index contributed by atoms with van der Waals surface area (Å²) in [6.45, 7) is 4.37. The quantitative estimate of drug-likeness (QED) is 0.947. The van der Waals surface area contributed by atoms with Crippen molar-refractivity contribution in [1.82, 2.24) is 10.3 Å². The van der Waals surface area contributed by atoms with Crippen molar-refractivity contribution in [3.8, 4) is 0 Å². The zero-order chi connectivity index (χ0) is 12.4. The van der Waals surface area contributed by atoms with Gasteiger partial charge in [0.25, 0.3) is 5.91 Å². The number of carbonyl (C=O) groups is 1. The minimum atomic E-state index is -0.221. The van der Waals surface area contributed by atoms with Crippen molar-refractivity contribution in [2.45, 2.75) is 20.4 Å². The average Bonchev–Trinajstić information content (AvgIpc) is 2.82. The highest BCUT2D eigenvalue weighted by atomic mass is 79.9. The first-order chi connectivity index (χ1) is 8.06. The fourth-order valence-electron chi connectivity index (χ4n) is 1.42. The highest BCUT2D eigenvalue weighted by molar-refractivity contribution is 9.10. The molecule has 0 radical (unpaired) electrons. The molecule has 0 aliphatic carbocycles. The maximum absolute atomic E-state index is 11.7. The zero-order valence-corrected chi connectivity index (χ0v) is 11.8. The smallest absolute Gasteiger partial charge is 0.287 e. The second-order valence-electron chi connectivity index (χ2n) is 3.53.